The highest BCUT2D eigenvalue weighted by atomic mass is 35.5. The zero-order valence-corrected chi connectivity index (χ0v) is 15.9. The van der Waals surface area contributed by atoms with Gasteiger partial charge >= 0.3 is 11.8 Å². The number of hydrogen-bond acceptors (Lipinski definition) is 3. The second-order valence-electron chi connectivity index (χ2n) is 6.44. The number of halogens is 1. The molecule has 0 aromatic heterocycles. The minimum absolute atomic E-state index is 0.0476. The van der Waals surface area contributed by atoms with Gasteiger partial charge in [-0.05, 0) is 55.2 Å². The molecule has 0 bridgehead atoms. The van der Waals surface area contributed by atoms with Crippen molar-refractivity contribution < 1.29 is 14.4 Å². The van der Waals surface area contributed by atoms with Crippen LogP contribution in [0.2, 0.25) is 5.02 Å². The van der Waals surface area contributed by atoms with Crippen LogP contribution in [0, 0.1) is 6.92 Å². The molecule has 2 aromatic carbocycles. The lowest BCUT2D eigenvalue weighted by atomic mass is 10.0. The van der Waals surface area contributed by atoms with Crippen molar-refractivity contribution in [3.63, 3.8) is 0 Å². The number of nitrogens with one attached hydrogen (secondary N) is 2. The molecule has 0 saturated heterocycles. The molecule has 1 heterocycles. The number of benzene rings is 2. The molecule has 3 rings (SSSR count). The van der Waals surface area contributed by atoms with E-state index in [0.29, 0.717) is 28.5 Å². The van der Waals surface area contributed by atoms with Crippen LogP contribution in [-0.4, -0.2) is 24.3 Å². The number of carbonyl (C=O) groups is 3. The number of nitrogens with zero attached hydrogens (tertiary/aromatic N) is 1. The molecule has 6 nitrogen and oxygen atoms in total. The number of anilines is 3. The summed E-state index contributed by atoms with van der Waals surface area (Å²) in [7, 11) is 0. The molecule has 0 spiro atoms. The number of carbonyl (C=O) groups excluding carboxylic acids is 3. The highest BCUT2D eigenvalue weighted by Gasteiger charge is 2.21. The number of fused-ring (bicyclic) bond motifs is 1. The number of amides is 3. The van der Waals surface area contributed by atoms with Gasteiger partial charge in [-0.2, -0.15) is 0 Å². The SMILES string of the molecule is CC(=O)N1CCCc2ccc(NC(=O)C(=O)Nc3cccc(Cl)c3C)cc21. The molecular formula is C20H20ClN3O3. The van der Waals surface area contributed by atoms with Crippen molar-refractivity contribution in [3.05, 3.63) is 52.5 Å². The monoisotopic (exact) mass is 385 g/mol. The third-order valence-electron chi connectivity index (χ3n) is 4.56. The molecular weight excluding hydrogens is 366 g/mol. The fourth-order valence-corrected chi connectivity index (χ4v) is 3.26. The first kappa shape index (κ1) is 18.9. The van der Waals surface area contributed by atoms with Crippen LogP contribution in [0.4, 0.5) is 17.1 Å². The summed E-state index contributed by atoms with van der Waals surface area (Å²) in [6, 6.07) is 10.4. The van der Waals surface area contributed by atoms with E-state index in [1.807, 2.05) is 6.07 Å². The molecule has 2 N–H and O–H groups in total. The van der Waals surface area contributed by atoms with Crippen molar-refractivity contribution >= 4 is 46.4 Å². The van der Waals surface area contributed by atoms with Gasteiger partial charge in [0.1, 0.15) is 0 Å². The summed E-state index contributed by atoms with van der Waals surface area (Å²) in [5.74, 6) is -1.63. The Morgan fingerprint density at radius 3 is 2.56 bits per heavy atom. The Kier molecular flexibility index (Phi) is 5.46. The molecule has 2 aromatic rings. The molecule has 3 amide bonds. The molecule has 0 radical (unpaired) electrons. The summed E-state index contributed by atoms with van der Waals surface area (Å²) in [6.07, 6.45) is 1.78. The molecule has 27 heavy (non-hydrogen) atoms. The van der Waals surface area contributed by atoms with E-state index in [9.17, 15) is 14.4 Å². The van der Waals surface area contributed by atoms with Gasteiger partial charge in [0, 0.05) is 35.6 Å². The van der Waals surface area contributed by atoms with E-state index in [-0.39, 0.29) is 5.91 Å². The zero-order valence-electron chi connectivity index (χ0n) is 15.1. The predicted molar refractivity (Wildman–Crippen MR) is 106 cm³/mol. The minimum atomic E-state index is -0.792. The van der Waals surface area contributed by atoms with E-state index in [1.54, 1.807) is 42.2 Å². The topological polar surface area (TPSA) is 78.5 Å². The molecule has 1 aliphatic heterocycles. The lowest BCUT2D eigenvalue weighted by molar-refractivity contribution is -0.133. The maximum absolute atomic E-state index is 12.3. The van der Waals surface area contributed by atoms with Crippen LogP contribution in [0.5, 0.6) is 0 Å². The highest BCUT2D eigenvalue weighted by Crippen LogP contribution is 2.30. The Balaban J connectivity index is 1.74. The Labute approximate surface area is 162 Å². The first-order chi connectivity index (χ1) is 12.9. The van der Waals surface area contributed by atoms with Crippen LogP contribution in [0.3, 0.4) is 0 Å². The van der Waals surface area contributed by atoms with Gasteiger partial charge < -0.3 is 15.5 Å². The van der Waals surface area contributed by atoms with E-state index >= 15 is 0 Å². The van der Waals surface area contributed by atoms with E-state index in [4.69, 9.17) is 11.6 Å². The molecule has 1 aliphatic rings. The van der Waals surface area contributed by atoms with E-state index in [2.05, 4.69) is 10.6 Å². The maximum atomic E-state index is 12.3. The van der Waals surface area contributed by atoms with Crippen molar-refractivity contribution in [2.45, 2.75) is 26.7 Å². The maximum Gasteiger partial charge on any atom is 0.314 e. The van der Waals surface area contributed by atoms with Crippen molar-refractivity contribution in [1.82, 2.24) is 0 Å². The summed E-state index contributed by atoms with van der Waals surface area (Å²) in [5.41, 5.74) is 3.46. The van der Waals surface area contributed by atoms with Gasteiger partial charge in [-0.15, -0.1) is 0 Å². The third-order valence-corrected chi connectivity index (χ3v) is 4.97. The normalized spacial score (nSPS) is 12.9. The number of aryl methyl sites for hydroxylation is 1. The van der Waals surface area contributed by atoms with Gasteiger partial charge in [0.25, 0.3) is 0 Å². The standard InChI is InChI=1S/C20H20ClN3O3/c1-12-16(21)6-3-7-17(12)23-20(27)19(26)22-15-9-8-14-5-4-10-24(13(2)25)18(14)11-15/h3,6-9,11H,4-5,10H2,1-2H3,(H,22,26)(H,23,27). The Morgan fingerprint density at radius 2 is 1.81 bits per heavy atom. The number of rotatable bonds is 2. The van der Waals surface area contributed by atoms with Crippen LogP contribution in [0.25, 0.3) is 0 Å². The van der Waals surface area contributed by atoms with Gasteiger partial charge in [-0.1, -0.05) is 23.7 Å². The molecule has 7 heteroatoms. The third kappa shape index (κ3) is 4.11. The highest BCUT2D eigenvalue weighted by molar-refractivity contribution is 6.44. The van der Waals surface area contributed by atoms with E-state index < -0.39 is 11.8 Å². The van der Waals surface area contributed by atoms with Crippen molar-refractivity contribution in [2.24, 2.45) is 0 Å². The summed E-state index contributed by atoms with van der Waals surface area (Å²) in [5, 5.41) is 5.65. The second-order valence-corrected chi connectivity index (χ2v) is 6.85. The lowest BCUT2D eigenvalue weighted by Gasteiger charge is -2.29. The first-order valence-corrected chi connectivity index (χ1v) is 9.03. The summed E-state index contributed by atoms with van der Waals surface area (Å²) >= 11 is 6.03. The van der Waals surface area contributed by atoms with Crippen LogP contribution in [-0.2, 0) is 20.8 Å². The molecule has 0 atom stereocenters. The fourth-order valence-electron chi connectivity index (χ4n) is 3.09. The van der Waals surface area contributed by atoms with Crippen molar-refractivity contribution in [2.75, 3.05) is 22.1 Å². The van der Waals surface area contributed by atoms with Crippen LogP contribution < -0.4 is 15.5 Å². The zero-order chi connectivity index (χ0) is 19.6. The van der Waals surface area contributed by atoms with E-state index in [1.165, 1.54) is 6.92 Å². The minimum Gasteiger partial charge on any atom is -0.318 e. The average Bonchev–Trinajstić information content (AvgIpc) is 2.64. The number of hydrogen-bond donors (Lipinski definition) is 2. The molecule has 0 saturated carbocycles. The van der Waals surface area contributed by atoms with E-state index in [0.717, 1.165) is 24.1 Å². The quantitative estimate of drug-likeness (QED) is 0.776. The van der Waals surface area contributed by atoms with Gasteiger partial charge in [0.05, 0.1) is 0 Å². The average molecular weight is 386 g/mol. The van der Waals surface area contributed by atoms with Crippen LogP contribution in [0.15, 0.2) is 36.4 Å². The molecule has 0 fully saturated rings. The fraction of sp³-hybridized carbons (Fsp3) is 0.250. The van der Waals surface area contributed by atoms with Crippen molar-refractivity contribution in [3.8, 4) is 0 Å². The van der Waals surface area contributed by atoms with Crippen LogP contribution >= 0.6 is 11.6 Å². The molecule has 140 valence electrons. The molecule has 0 aliphatic carbocycles. The lowest BCUT2D eigenvalue weighted by Crippen LogP contribution is -2.34. The smallest absolute Gasteiger partial charge is 0.314 e. The van der Waals surface area contributed by atoms with Gasteiger partial charge in [-0.3, -0.25) is 14.4 Å². The largest absolute Gasteiger partial charge is 0.318 e. The van der Waals surface area contributed by atoms with Gasteiger partial charge in [-0.25, -0.2) is 0 Å². The van der Waals surface area contributed by atoms with Crippen molar-refractivity contribution in [1.29, 1.82) is 0 Å². The summed E-state index contributed by atoms with van der Waals surface area (Å²) in [4.78, 5) is 38.0. The molecule has 0 unspecified atom stereocenters. The van der Waals surface area contributed by atoms with Gasteiger partial charge in [0.2, 0.25) is 5.91 Å². The Morgan fingerprint density at radius 1 is 1.07 bits per heavy atom. The Hall–Kier alpha value is -2.86. The second kappa shape index (κ2) is 7.80. The predicted octanol–water partition coefficient (Wildman–Crippen LogP) is 3.52. The summed E-state index contributed by atoms with van der Waals surface area (Å²) < 4.78 is 0. The Bertz CT molecular complexity index is 927. The summed E-state index contributed by atoms with van der Waals surface area (Å²) in [6.45, 7) is 3.92. The van der Waals surface area contributed by atoms with Crippen LogP contribution in [0.1, 0.15) is 24.5 Å². The first-order valence-electron chi connectivity index (χ1n) is 8.65. The van der Waals surface area contributed by atoms with Gasteiger partial charge in [0.15, 0.2) is 0 Å².